The molecule has 0 spiro atoms. The Morgan fingerprint density at radius 1 is 1.32 bits per heavy atom. The third-order valence-corrected chi connectivity index (χ3v) is 4.14. The van der Waals surface area contributed by atoms with E-state index in [4.69, 9.17) is 9.26 Å². The van der Waals surface area contributed by atoms with Gasteiger partial charge in [0.05, 0.1) is 5.92 Å². The SMILES string of the molecule is CC(C)(C)OC(=O)CNC(=O)c1ccc2onc(C3CCC(=O)NC3=O)c2c1. The number of aromatic nitrogens is 1. The molecule has 3 amide bonds. The summed E-state index contributed by atoms with van der Waals surface area (Å²) in [6, 6.07) is 4.65. The van der Waals surface area contributed by atoms with Crippen molar-refractivity contribution in [1.82, 2.24) is 15.8 Å². The first-order valence-electron chi connectivity index (χ1n) is 8.87. The van der Waals surface area contributed by atoms with E-state index in [2.05, 4.69) is 15.8 Å². The third-order valence-electron chi connectivity index (χ3n) is 4.14. The fourth-order valence-corrected chi connectivity index (χ4v) is 2.94. The molecule has 0 radical (unpaired) electrons. The second kappa shape index (κ2) is 7.41. The molecule has 3 rings (SSSR count). The number of hydrogen-bond donors (Lipinski definition) is 2. The van der Waals surface area contributed by atoms with Crippen LogP contribution in [0.5, 0.6) is 0 Å². The average Bonchev–Trinajstić information content (AvgIpc) is 3.01. The molecular weight excluding hydrogens is 366 g/mol. The number of piperidine rings is 1. The summed E-state index contributed by atoms with van der Waals surface area (Å²) in [5.41, 5.74) is 0.443. The van der Waals surface area contributed by atoms with Crippen LogP contribution < -0.4 is 10.6 Å². The number of ether oxygens (including phenoxy) is 1. The van der Waals surface area contributed by atoms with E-state index in [1.54, 1.807) is 32.9 Å². The van der Waals surface area contributed by atoms with Crippen molar-refractivity contribution in [2.45, 2.75) is 45.1 Å². The molecule has 28 heavy (non-hydrogen) atoms. The molecule has 1 aromatic heterocycles. The molecule has 148 valence electrons. The van der Waals surface area contributed by atoms with Gasteiger partial charge in [-0.15, -0.1) is 0 Å². The molecule has 9 heteroatoms. The molecule has 1 aromatic carbocycles. The van der Waals surface area contributed by atoms with Gasteiger partial charge in [0.1, 0.15) is 17.8 Å². The predicted octanol–water partition coefficient (Wildman–Crippen LogP) is 1.42. The highest BCUT2D eigenvalue weighted by molar-refractivity contribution is 6.03. The van der Waals surface area contributed by atoms with Crippen LogP contribution in [0.1, 0.15) is 55.6 Å². The van der Waals surface area contributed by atoms with E-state index in [1.807, 2.05) is 0 Å². The normalized spacial score (nSPS) is 17.3. The van der Waals surface area contributed by atoms with Gasteiger partial charge in [-0.25, -0.2) is 0 Å². The van der Waals surface area contributed by atoms with Crippen LogP contribution in [0.4, 0.5) is 0 Å². The van der Waals surface area contributed by atoms with Crippen LogP contribution in [-0.4, -0.2) is 41.0 Å². The fraction of sp³-hybridized carbons (Fsp3) is 0.421. The Balaban J connectivity index is 1.76. The standard InChI is InChI=1S/C19H21N3O6/c1-19(2,3)27-15(24)9-20-17(25)10-4-6-13-12(8-10)16(22-28-13)11-5-7-14(23)21-18(11)26/h4,6,8,11H,5,7,9H2,1-3H3,(H,20,25)(H,21,23,26). The Hall–Kier alpha value is -3.23. The Morgan fingerprint density at radius 3 is 2.75 bits per heavy atom. The summed E-state index contributed by atoms with van der Waals surface area (Å²) in [7, 11) is 0. The Morgan fingerprint density at radius 2 is 2.07 bits per heavy atom. The Bertz CT molecular complexity index is 956. The first-order valence-corrected chi connectivity index (χ1v) is 8.87. The van der Waals surface area contributed by atoms with E-state index in [9.17, 15) is 19.2 Å². The zero-order valence-corrected chi connectivity index (χ0v) is 15.8. The summed E-state index contributed by atoms with van der Waals surface area (Å²) in [6.07, 6.45) is 0.530. The molecule has 2 aromatic rings. The van der Waals surface area contributed by atoms with Gasteiger partial charge in [-0.2, -0.15) is 0 Å². The summed E-state index contributed by atoms with van der Waals surface area (Å²) < 4.78 is 10.4. The number of carbonyl (C=O) groups is 4. The minimum Gasteiger partial charge on any atom is -0.459 e. The number of imide groups is 1. The van der Waals surface area contributed by atoms with Gasteiger partial charge in [0.25, 0.3) is 5.91 Å². The quantitative estimate of drug-likeness (QED) is 0.600. The Kier molecular flexibility index (Phi) is 5.17. The monoisotopic (exact) mass is 387 g/mol. The van der Waals surface area contributed by atoms with Crippen LogP contribution in [0.25, 0.3) is 11.0 Å². The molecule has 2 heterocycles. The molecule has 0 saturated carbocycles. The molecule has 1 saturated heterocycles. The summed E-state index contributed by atoms with van der Waals surface area (Å²) in [5.74, 6) is -2.40. The van der Waals surface area contributed by atoms with Crippen molar-refractivity contribution in [2.75, 3.05) is 6.54 Å². The second-order valence-electron chi connectivity index (χ2n) is 7.55. The van der Waals surface area contributed by atoms with Gasteiger partial charge in [0.15, 0.2) is 5.58 Å². The van der Waals surface area contributed by atoms with Crippen molar-refractivity contribution in [3.05, 3.63) is 29.5 Å². The van der Waals surface area contributed by atoms with E-state index >= 15 is 0 Å². The van der Waals surface area contributed by atoms with Gasteiger partial charge in [0, 0.05) is 17.4 Å². The third kappa shape index (κ3) is 4.36. The number of carbonyl (C=O) groups excluding carboxylic acids is 4. The van der Waals surface area contributed by atoms with Gasteiger partial charge in [-0.05, 0) is 45.4 Å². The van der Waals surface area contributed by atoms with Crippen LogP contribution in [0, 0.1) is 0 Å². The lowest BCUT2D eigenvalue weighted by Gasteiger charge is -2.19. The molecule has 1 aliphatic rings. The largest absolute Gasteiger partial charge is 0.459 e. The molecule has 0 bridgehead atoms. The van der Waals surface area contributed by atoms with Crippen molar-refractivity contribution in [2.24, 2.45) is 0 Å². The van der Waals surface area contributed by atoms with E-state index in [-0.39, 0.29) is 24.4 Å². The lowest BCUT2D eigenvalue weighted by Crippen LogP contribution is -2.39. The van der Waals surface area contributed by atoms with E-state index in [0.717, 1.165) is 0 Å². The Labute approximate surface area is 160 Å². The average molecular weight is 387 g/mol. The predicted molar refractivity (Wildman–Crippen MR) is 97.3 cm³/mol. The minimum absolute atomic E-state index is 0.209. The van der Waals surface area contributed by atoms with Crippen molar-refractivity contribution < 1.29 is 28.4 Å². The molecule has 1 aliphatic heterocycles. The number of nitrogens with zero attached hydrogens (tertiary/aromatic N) is 1. The molecule has 1 atom stereocenters. The van der Waals surface area contributed by atoms with Gasteiger partial charge in [-0.1, -0.05) is 5.16 Å². The lowest BCUT2D eigenvalue weighted by atomic mass is 9.92. The summed E-state index contributed by atoms with van der Waals surface area (Å²) in [4.78, 5) is 47.6. The number of amides is 3. The highest BCUT2D eigenvalue weighted by Crippen LogP contribution is 2.30. The number of hydrogen-bond acceptors (Lipinski definition) is 7. The molecule has 1 unspecified atom stereocenters. The molecule has 0 aliphatic carbocycles. The maximum Gasteiger partial charge on any atom is 0.325 e. The van der Waals surface area contributed by atoms with Gasteiger partial charge in [0.2, 0.25) is 11.8 Å². The fourth-order valence-electron chi connectivity index (χ4n) is 2.94. The van der Waals surface area contributed by atoms with Crippen molar-refractivity contribution in [1.29, 1.82) is 0 Å². The number of esters is 1. The first kappa shape index (κ1) is 19.5. The lowest BCUT2D eigenvalue weighted by molar-refractivity contribution is -0.153. The maximum atomic E-state index is 12.4. The zero-order valence-electron chi connectivity index (χ0n) is 15.8. The van der Waals surface area contributed by atoms with E-state index in [1.165, 1.54) is 6.07 Å². The van der Waals surface area contributed by atoms with E-state index < -0.39 is 29.3 Å². The van der Waals surface area contributed by atoms with Gasteiger partial charge < -0.3 is 14.6 Å². The number of nitrogens with one attached hydrogen (secondary N) is 2. The van der Waals surface area contributed by atoms with Gasteiger partial charge >= 0.3 is 5.97 Å². The van der Waals surface area contributed by atoms with Crippen LogP contribution in [0.15, 0.2) is 22.7 Å². The maximum absolute atomic E-state index is 12.4. The van der Waals surface area contributed by atoms with Crippen molar-refractivity contribution in [3.63, 3.8) is 0 Å². The molecule has 2 N–H and O–H groups in total. The number of fused-ring (bicyclic) bond motifs is 1. The van der Waals surface area contributed by atoms with Crippen LogP contribution >= 0.6 is 0 Å². The summed E-state index contributed by atoms with van der Waals surface area (Å²) in [5, 5.41) is 9.25. The first-order chi connectivity index (χ1) is 13.1. The highest BCUT2D eigenvalue weighted by Gasteiger charge is 2.32. The molecule has 9 nitrogen and oxygen atoms in total. The number of rotatable bonds is 4. The second-order valence-corrected chi connectivity index (χ2v) is 7.55. The van der Waals surface area contributed by atoms with Crippen molar-refractivity contribution >= 4 is 34.7 Å². The van der Waals surface area contributed by atoms with Crippen LogP contribution in [0.2, 0.25) is 0 Å². The zero-order chi connectivity index (χ0) is 20.5. The van der Waals surface area contributed by atoms with Crippen molar-refractivity contribution in [3.8, 4) is 0 Å². The van der Waals surface area contributed by atoms with Crippen LogP contribution in [0.3, 0.4) is 0 Å². The van der Waals surface area contributed by atoms with E-state index in [0.29, 0.717) is 23.1 Å². The van der Waals surface area contributed by atoms with Gasteiger partial charge in [-0.3, -0.25) is 24.5 Å². The summed E-state index contributed by atoms with van der Waals surface area (Å²) in [6.45, 7) is 4.95. The van der Waals surface area contributed by atoms with Crippen LogP contribution in [-0.2, 0) is 19.1 Å². The number of benzene rings is 1. The minimum atomic E-state index is -0.639. The topological polar surface area (TPSA) is 128 Å². The molecular formula is C19H21N3O6. The summed E-state index contributed by atoms with van der Waals surface area (Å²) >= 11 is 0. The molecule has 1 fully saturated rings. The highest BCUT2D eigenvalue weighted by atomic mass is 16.6. The smallest absolute Gasteiger partial charge is 0.325 e.